The van der Waals surface area contributed by atoms with Gasteiger partial charge in [-0.2, -0.15) is 0 Å². The van der Waals surface area contributed by atoms with Crippen LogP contribution in [0.25, 0.3) is 0 Å². The number of amides is 2. The van der Waals surface area contributed by atoms with E-state index >= 15 is 0 Å². The highest BCUT2D eigenvalue weighted by atomic mass is 16.7. The van der Waals surface area contributed by atoms with Crippen LogP contribution >= 0.6 is 0 Å². The number of hydrogen-bond acceptors (Lipinski definition) is 6. The maximum atomic E-state index is 12.6. The van der Waals surface area contributed by atoms with E-state index in [1.54, 1.807) is 37.6 Å². The van der Waals surface area contributed by atoms with Crippen LogP contribution in [0.2, 0.25) is 0 Å². The molecule has 0 radical (unpaired) electrons. The average molecular weight is 394 g/mol. The summed E-state index contributed by atoms with van der Waals surface area (Å²) in [4.78, 5) is 46.9. The molecule has 150 valence electrons. The Morgan fingerprint density at radius 1 is 1.03 bits per heavy atom. The van der Waals surface area contributed by atoms with E-state index in [1.807, 2.05) is 13.0 Å². The Hall–Kier alpha value is -3.22. The summed E-state index contributed by atoms with van der Waals surface area (Å²) in [5.41, 5.74) is 2.72. The van der Waals surface area contributed by atoms with Gasteiger partial charge >= 0.3 is 5.97 Å². The topological polar surface area (TPSA) is 85.8 Å². The third-order valence-corrected chi connectivity index (χ3v) is 5.77. The number of pyridine rings is 1. The normalized spacial score (nSPS) is 21.1. The van der Waals surface area contributed by atoms with Crippen molar-refractivity contribution in [2.24, 2.45) is 5.92 Å². The van der Waals surface area contributed by atoms with Crippen molar-refractivity contribution >= 4 is 17.8 Å². The van der Waals surface area contributed by atoms with Crippen molar-refractivity contribution in [3.63, 3.8) is 0 Å². The molecule has 7 heteroatoms. The minimum absolute atomic E-state index is 0.252. The molecule has 0 atom stereocenters. The van der Waals surface area contributed by atoms with Gasteiger partial charge in [-0.15, -0.1) is 0 Å². The molecule has 2 amide bonds. The first-order valence-electron chi connectivity index (χ1n) is 9.70. The fourth-order valence-corrected chi connectivity index (χ4v) is 4.24. The molecule has 0 N–H and O–H groups in total. The zero-order valence-corrected chi connectivity index (χ0v) is 16.4. The summed E-state index contributed by atoms with van der Waals surface area (Å²) in [5.74, 6) is -1.19. The highest BCUT2D eigenvalue weighted by Gasteiger charge is 2.40. The molecular weight excluding hydrogens is 372 g/mol. The SMILES string of the molecule is COc1nccc(C)c1C1CCC(C(=O)ON2C(=O)c3ccccc3C2=O)CC1. The van der Waals surface area contributed by atoms with Gasteiger partial charge < -0.3 is 9.57 Å². The lowest BCUT2D eigenvalue weighted by Gasteiger charge is -2.29. The number of fused-ring (bicyclic) bond motifs is 1. The molecule has 2 aliphatic rings. The van der Waals surface area contributed by atoms with Gasteiger partial charge in [0, 0.05) is 11.8 Å². The highest BCUT2D eigenvalue weighted by Crippen LogP contribution is 2.40. The number of aryl methyl sites for hydroxylation is 1. The van der Waals surface area contributed by atoms with Crippen LogP contribution in [0, 0.1) is 12.8 Å². The molecule has 0 saturated heterocycles. The molecule has 1 aliphatic heterocycles. The molecule has 29 heavy (non-hydrogen) atoms. The van der Waals surface area contributed by atoms with E-state index in [2.05, 4.69) is 4.98 Å². The standard InChI is InChI=1S/C22H22N2O5/c1-13-11-12-23-19(28-2)18(13)14-7-9-15(10-8-14)22(27)29-24-20(25)16-5-3-4-6-17(16)21(24)26/h3-6,11-12,14-15H,7-10H2,1-2H3. The molecule has 2 heterocycles. The van der Waals surface area contributed by atoms with E-state index in [0.717, 1.165) is 24.0 Å². The highest BCUT2D eigenvalue weighted by molar-refractivity contribution is 6.20. The van der Waals surface area contributed by atoms with Crippen LogP contribution in [-0.4, -0.2) is 34.9 Å². The van der Waals surface area contributed by atoms with Crippen LogP contribution in [0.1, 0.15) is 63.4 Å². The zero-order chi connectivity index (χ0) is 20.5. The van der Waals surface area contributed by atoms with Crippen LogP contribution in [0.3, 0.4) is 0 Å². The van der Waals surface area contributed by atoms with E-state index in [9.17, 15) is 14.4 Å². The van der Waals surface area contributed by atoms with Crippen molar-refractivity contribution in [1.29, 1.82) is 0 Å². The maximum Gasteiger partial charge on any atom is 0.336 e. The number of carbonyl (C=O) groups is 3. The average Bonchev–Trinajstić information content (AvgIpc) is 2.98. The van der Waals surface area contributed by atoms with Crippen LogP contribution in [-0.2, 0) is 9.63 Å². The lowest BCUT2D eigenvalue weighted by molar-refractivity contribution is -0.174. The second kappa shape index (κ2) is 7.66. The van der Waals surface area contributed by atoms with Gasteiger partial charge in [0.25, 0.3) is 11.8 Å². The molecule has 0 bridgehead atoms. The van der Waals surface area contributed by atoms with Gasteiger partial charge in [0.15, 0.2) is 0 Å². The van der Waals surface area contributed by atoms with Gasteiger partial charge in [-0.05, 0) is 62.3 Å². The Balaban J connectivity index is 1.41. The van der Waals surface area contributed by atoms with Gasteiger partial charge in [0.1, 0.15) is 0 Å². The largest absolute Gasteiger partial charge is 0.481 e. The summed E-state index contributed by atoms with van der Waals surface area (Å²) in [6.07, 6.45) is 4.52. The number of aromatic nitrogens is 1. The lowest BCUT2D eigenvalue weighted by Crippen LogP contribution is -2.36. The molecule has 0 spiro atoms. The van der Waals surface area contributed by atoms with Crippen molar-refractivity contribution in [3.8, 4) is 5.88 Å². The summed E-state index contributed by atoms with van der Waals surface area (Å²) in [7, 11) is 1.61. The summed E-state index contributed by atoms with van der Waals surface area (Å²) >= 11 is 0. The summed E-state index contributed by atoms with van der Waals surface area (Å²) in [5, 5.41) is 0.591. The number of hydroxylamine groups is 2. The van der Waals surface area contributed by atoms with E-state index in [0.29, 0.717) is 23.8 Å². The first-order chi connectivity index (χ1) is 14.0. The van der Waals surface area contributed by atoms with Gasteiger partial charge in [-0.25, -0.2) is 9.78 Å². The number of imide groups is 1. The van der Waals surface area contributed by atoms with Crippen LogP contribution in [0.4, 0.5) is 0 Å². The first-order valence-corrected chi connectivity index (χ1v) is 9.70. The smallest absolute Gasteiger partial charge is 0.336 e. The minimum Gasteiger partial charge on any atom is -0.481 e. The number of hydrogen-bond donors (Lipinski definition) is 0. The summed E-state index contributed by atoms with van der Waals surface area (Å²) < 4.78 is 5.41. The summed E-state index contributed by atoms with van der Waals surface area (Å²) in [6, 6.07) is 8.41. The van der Waals surface area contributed by atoms with Crippen molar-refractivity contribution in [2.75, 3.05) is 7.11 Å². The predicted octanol–water partition coefficient (Wildman–Crippen LogP) is 3.43. The number of benzene rings is 1. The van der Waals surface area contributed by atoms with Crippen molar-refractivity contribution < 1.29 is 24.0 Å². The monoisotopic (exact) mass is 394 g/mol. The quantitative estimate of drug-likeness (QED) is 0.739. The molecule has 1 aromatic carbocycles. The molecule has 1 saturated carbocycles. The minimum atomic E-state index is -0.594. The third kappa shape index (κ3) is 3.37. The number of ether oxygens (including phenoxy) is 1. The molecule has 1 aliphatic carbocycles. The summed E-state index contributed by atoms with van der Waals surface area (Å²) in [6.45, 7) is 2.03. The molecule has 1 fully saturated rings. The Morgan fingerprint density at radius 2 is 1.66 bits per heavy atom. The lowest BCUT2D eigenvalue weighted by atomic mass is 9.78. The van der Waals surface area contributed by atoms with Crippen molar-refractivity contribution in [1.82, 2.24) is 10.0 Å². The Kier molecular flexibility index (Phi) is 5.05. The molecule has 1 aromatic heterocycles. The molecular formula is C22H22N2O5. The predicted molar refractivity (Wildman–Crippen MR) is 103 cm³/mol. The fraction of sp³-hybridized carbons (Fsp3) is 0.364. The Bertz CT molecular complexity index is 944. The van der Waals surface area contributed by atoms with E-state index in [4.69, 9.17) is 9.57 Å². The maximum absolute atomic E-state index is 12.6. The molecule has 0 unspecified atom stereocenters. The number of nitrogens with zero attached hydrogens (tertiary/aromatic N) is 2. The van der Waals surface area contributed by atoms with Crippen molar-refractivity contribution in [3.05, 3.63) is 58.8 Å². The van der Waals surface area contributed by atoms with Gasteiger partial charge in [0.2, 0.25) is 5.88 Å². The van der Waals surface area contributed by atoms with E-state index in [-0.39, 0.29) is 23.0 Å². The first kappa shape index (κ1) is 19.1. The van der Waals surface area contributed by atoms with Gasteiger partial charge in [0.05, 0.1) is 24.2 Å². The van der Waals surface area contributed by atoms with Crippen LogP contribution in [0.15, 0.2) is 36.5 Å². The number of rotatable bonds is 4. The molecule has 2 aromatic rings. The number of carbonyl (C=O) groups excluding carboxylic acids is 3. The van der Waals surface area contributed by atoms with Gasteiger partial charge in [-0.3, -0.25) is 9.59 Å². The van der Waals surface area contributed by atoms with Crippen molar-refractivity contribution in [2.45, 2.75) is 38.5 Å². The van der Waals surface area contributed by atoms with E-state index in [1.165, 1.54) is 0 Å². The Morgan fingerprint density at radius 3 is 2.24 bits per heavy atom. The fourth-order valence-electron chi connectivity index (χ4n) is 4.24. The van der Waals surface area contributed by atoms with Gasteiger partial charge in [-0.1, -0.05) is 17.2 Å². The molecule has 4 rings (SSSR count). The van der Waals surface area contributed by atoms with E-state index < -0.39 is 17.8 Å². The number of methoxy groups -OCH3 is 1. The second-order valence-electron chi connectivity index (χ2n) is 7.46. The zero-order valence-electron chi connectivity index (χ0n) is 16.4. The third-order valence-electron chi connectivity index (χ3n) is 5.77. The second-order valence-corrected chi connectivity index (χ2v) is 7.46. The van der Waals surface area contributed by atoms with Crippen LogP contribution in [0.5, 0.6) is 5.88 Å². The molecule has 7 nitrogen and oxygen atoms in total. The Labute approximate surface area is 168 Å². The van der Waals surface area contributed by atoms with Crippen LogP contribution < -0.4 is 4.74 Å².